The van der Waals surface area contributed by atoms with Crippen LogP contribution in [0, 0.1) is 0 Å². The second-order valence-corrected chi connectivity index (χ2v) is 9.50. The van der Waals surface area contributed by atoms with Gasteiger partial charge in [0.15, 0.2) is 0 Å². The Bertz CT molecular complexity index is 1400. The number of fused-ring (bicyclic) bond motifs is 5. The number of hydrogen-bond acceptors (Lipinski definition) is 6. The van der Waals surface area contributed by atoms with E-state index < -0.39 is 0 Å². The van der Waals surface area contributed by atoms with Gasteiger partial charge in [-0.3, -0.25) is 4.79 Å². The number of carbonyl (C=O) groups excluding carboxylic acids is 1. The molecule has 6 rings (SSSR count). The zero-order valence-electron chi connectivity index (χ0n) is 17.8. The molecule has 1 atom stereocenters. The number of hydrogen-bond donors (Lipinski definition) is 2. The highest BCUT2D eigenvalue weighted by Crippen LogP contribution is 2.41. The van der Waals surface area contributed by atoms with Crippen LogP contribution >= 0.6 is 11.3 Å². The summed E-state index contributed by atoms with van der Waals surface area (Å²) in [5, 5.41) is 8.67. The molecule has 7 heteroatoms. The molecule has 0 saturated carbocycles. The zero-order valence-corrected chi connectivity index (χ0v) is 18.6. The highest BCUT2D eigenvalue weighted by Gasteiger charge is 2.25. The molecule has 4 aromatic rings. The Labute approximate surface area is 190 Å². The van der Waals surface area contributed by atoms with Crippen LogP contribution in [0.1, 0.15) is 28.7 Å². The Morgan fingerprint density at radius 1 is 1.19 bits per heavy atom. The quantitative estimate of drug-likeness (QED) is 0.473. The fourth-order valence-corrected chi connectivity index (χ4v) is 5.48. The maximum absolute atomic E-state index is 12.7. The summed E-state index contributed by atoms with van der Waals surface area (Å²) in [6.07, 6.45) is 2.99. The highest BCUT2D eigenvalue weighted by atomic mass is 32.1. The number of nitrogens with one attached hydrogen (secondary N) is 2. The molecular formula is C25H23N5OS. The normalized spacial score (nSPS) is 18.0. The largest absolute Gasteiger partial charge is 0.381 e. The highest BCUT2D eigenvalue weighted by molar-refractivity contribution is 7.21. The summed E-state index contributed by atoms with van der Waals surface area (Å²) in [7, 11) is 0. The van der Waals surface area contributed by atoms with Gasteiger partial charge in [0.1, 0.15) is 10.7 Å². The van der Waals surface area contributed by atoms with Gasteiger partial charge in [0, 0.05) is 46.7 Å². The van der Waals surface area contributed by atoms with E-state index in [1.54, 1.807) is 6.08 Å². The molecule has 0 unspecified atom stereocenters. The average Bonchev–Trinajstić information content (AvgIpc) is 3.08. The molecule has 6 nitrogen and oxygen atoms in total. The van der Waals surface area contributed by atoms with Gasteiger partial charge in [0.05, 0.1) is 22.6 Å². The molecule has 2 N–H and O–H groups in total. The van der Waals surface area contributed by atoms with E-state index in [-0.39, 0.29) is 11.9 Å². The smallest absolute Gasteiger partial charge is 0.263 e. The second-order valence-electron chi connectivity index (χ2n) is 8.45. The molecule has 0 radical (unpaired) electrons. The Morgan fingerprint density at radius 3 is 2.84 bits per heavy atom. The minimum Gasteiger partial charge on any atom is -0.381 e. The van der Waals surface area contributed by atoms with Crippen molar-refractivity contribution in [2.24, 2.45) is 0 Å². The van der Waals surface area contributed by atoms with E-state index >= 15 is 0 Å². The Morgan fingerprint density at radius 2 is 2.06 bits per heavy atom. The van der Waals surface area contributed by atoms with Crippen molar-refractivity contribution in [3.8, 4) is 11.3 Å². The molecular weight excluding hydrogens is 418 g/mol. The number of thiophene rings is 1. The molecule has 0 bridgehead atoms. The van der Waals surface area contributed by atoms with Crippen LogP contribution in [0.2, 0.25) is 0 Å². The van der Waals surface area contributed by atoms with E-state index in [1.807, 2.05) is 19.1 Å². The van der Waals surface area contributed by atoms with Crippen LogP contribution in [-0.4, -0.2) is 41.6 Å². The third-order valence-electron chi connectivity index (χ3n) is 6.21. The molecule has 0 aliphatic carbocycles. The van der Waals surface area contributed by atoms with Crippen molar-refractivity contribution in [1.82, 2.24) is 15.3 Å². The Kier molecular flexibility index (Phi) is 4.40. The summed E-state index contributed by atoms with van der Waals surface area (Å²) >= 11 is 1.53. The number of nitrogens with zero attached hydrogens (tertiary/aromatic N) is 3. The van der Waals surface area contributed by atoms with Crippen LogP contribution in [0.25, 0.3) is 38.3 Å². The number of aromatic nitrogens is 2. The first-order valence-electron chi connectivity index (χ1n) is 10.9. The molecule has 1 aromatic carbocycles. The van der Waals surface area contributed by atoms with E-state index in [4.69, 9.17) is 9.97 Å². The molecule has 3 aromatic heterocycles. The Balaban J connectivity index is 1.50. The monoisotopic (exact) mass is 441 g/mol. The lowest BCUT2D eigenvalue weighted by molar-refractivity contribution is 0.0949. The fraction of sp³-hybridized carbons (Fsp3) is 0.240. The van der Waals surface area contributed by atoms with Gasteiger partial charge in [-0.2, -0.15) is 0 Å². The maximum atomic E-state index is 12.7. The van der Waals surface area contributed by atoms with Crippen LogP contribution in [0.15, 0.2) is 43.0 Å². The van der Waals surface area contributed by atoms with Crippen LogP contribution in [0.5, 0.6) is 0 Å². The SMILES string of the molecule is C=Cc1cc(-c2ccc3c(ccc4sc5c(c43)NC[C@@H](C)NC5=O)n2)cc(N2CCC2)n1. The van der Waals surface area contributed by atoms with Gasteiger partial charge in [-0.05, 0) is 55.8 Å². The van der Waals surface area contributed by atoms with Gasteiger partial charge in [-0.15, -0.1) is 11.3 Å². The number of rotatable bonds is 3. The number of pyridine rings is 2. The third-order valence-corrected chi connectivity index (χ3v) is 7.36. The standard InChI is InChI=1S/C25H23N5OS/c1-3-16-11-15(12-21(28-16)30-9-4-10-30)18-6-5-17-19(29-18)7-8-20-22(17)23-24(32-20)25(31)27-14(2)13-26-23/h3,5-8,11-12,14,26H,1,4,9-10,13H2,2H3,(H,27,31)/t14-/m1/s1. The molecule has 160 valence electrons. The van der Waals surface area contributed by atoms with Crippen LogP contribution in [0.4, 0.5) is 11.5 Å². The van der Waals surface area contributed by atoms with Crippen LogP contribution in [0.3, 0.4) is 0 Å². The van der Waals surface area contributed by atoms with E-state index in [1.165, 1.54) is 17.8 Å². The van der Waals surface area contributed by atoms with Crippen LogP contribution < -0.4 is 15.5 Å². The molecule has 1 fully saturated rings. The van der Waals surface area contributed by atoms with Gasteiger partial charge in [-0.1, -0.05) is 6.58 Å². The van der Waals surface area contributed by atoms with Gasteiger partial charge >= 0.3 is 0 Å². The number of carbonyl (C=O) groups is 1. The number of amides is 1. The van der Waals surface area contributed by atoms with Crippen molar-refractivity contribution >= 4 is 55.8 Å². The van der Waals surface area contributed by atoms with Crippen molar-refractivity contribution in [1.29, 1.82) is 0 Å². The van der Waals surface area contributed by atoms with E-state index in [0.717, 1.165) is 67.4 Å². The summed E-state index contributed by atoms with van der Waals surface area (Å²) in [5.41, 5.74) is 4.63. The molecule has 2 aliphatic rings. The summed E-state index contributed by atoms with van der Waals surface area (Å²) in [4.78, 5) is 25.4. The lowest BCUT2D eigenvalue weighted by atomic mass is 10.1. The predicted octanol–water partition coefficient (Wildman–Crippen LogP) is 4.91. The van der Waals surface area contributed by atoms with Crippen molar-refractivity contribution in [2.45, 2.75) is 19.4 Å². The third kappa shape index (κ3) is 3.04. The van der Waals surface area contributed by atoms with Gasteiger partial charge in [0.2, 0.25) is 0 Å². The molecule has 1 saturated heterocycles. The lowest BCUT2D eigenvalue weighted by Gasteiger charge is -2.32. The molecule has 2 aliphatic heterocycles. The summed E-state index contributed by atoms with van der Waals surface area (Å²) in [5.74, 6) is 0.970. The zero-order chi connectivity index (χ0) is 21.8. The van der Waals surface area contributed by atoms with Gasteiger partial charge in [-0.25, -0.2) is 9.97 Å². The molecule has 5 heterocycles. The summed E-state index contributed by atoms with van der Waals surface area (Å²) < 4.78 is 1.09. The summed E-state index contributed by atoms with van der Waals surface area (Å²) in [6, 6.07) is 12.5. The molecule has 1 amide bonds. The van der Waals surface area contributed by atoms with Crippen molar-refractivity contribution in [3.63, 3.8) is 0 Å². The number of benzene rings is 1. The first-order valence-corrected chi connectivity index (χ1v) is 11.7. The summed E-state index contributed by atoms with van der Waals surface area (Å²) in [6.45, 7) is 8.70. The minimum atomic E-state index is -0.0105. The topological polar surface area (TPSA) is 70.2 Å². The second kappa shape index (κ2) is 7.31. The average molecular weight is 442 g/mol. The molecule has 32 heavy (non-hydrogen) atoms. The van der Waals surface area contributed by atoms with Crippen molar-refractivity contribution in [3.05, 3.63) is 53.5 Å². The fourth-order valence-electron chi connectivity index (χ4n) is 4.38. The van der Waals surface area contributed by atoms with E-state index in [2.05, 4.69) is 46.4 Å². The van der Waals surface area contributed by atoms with E-state index in [9.17, 15) is 4.79 Å². The first kappa shape index (κ1) is 19.3. The van der Waals surface area contributed by atoms with Gasteiger partial charge in [0.25, 0.3) is 5.91 Å². The number of anilines is 2. The van der Waals surface area contributed by atoms with Crippen LogP contribution in [-0.2, 0) is 0 Å². The Hall–Kier alpha value is -3.45. The molecule has 0 spiro atoms. The van der Waals surface area contributed by atoms with Crippen molar-refractivity contribution < 1.29 is 4.79 Å². The predicted molar refractivity (Wildman–Crippen MR) is 133 cm³/mol. The lowest BCUT2D eigenvalue weighted by Crippen LogP contribution is -2.37. The minimum absolute atomic E-state index is 0.0105. The first-order chi connectivity index (χ1) is 15.6. The van der Waals surface area contributed by atoms with Crippen molar-refractivity contribution in [2.75, 3.05) is 29.9 Å². The van der Waals surface area contributed by atoms with Gasteiger partial charge < -0.3 is 15.5 Å². The maximum Gasteiger partial charge on any atom is 0.263 e. The van der Waals surface area contributed by atoms with E-state index in [0.29, 0.717) is 6.54 Å².